The lowest BCUT2D eigenvalue weighted by molar-refractivity contribution is 0.0949. The molecule has 3 aromatic rings. The third-order valence-electron chi connectivity index (χ3n) is 4.06. The molecule has 0 saturated heterocycles. The second-order valence-electron chi connectivity index (χ2n) is 6.08. The van der Waals surface area contributed by atoms with E-state index in [4.69, 9.17) is 0 Å². The quantitative estimate of drug-likeness (QED) is 0.644. The second kappa shape index (κ2) is 9.43. The Morgan fingerprint density at radius 3 is 2.26 bits per heavy atom. The molecule has 5 nitrogen and oxygen atoms in total. The molecule has 0 bridgehead atoms. The summed E-state index contributed by atoms with van der Waals surface area (Å²) in [5.41, 5.74) is 2.49. The van der Waals surface area contributed by atoms with Crippen molar-refractivity contribution in [2.24, 2.45) is 0 Å². The van der Waals surface area contributed by atoms with Crippen LogP contribution in [0.4, 0.5) is 10.2 Å². The molecule has 0 aliphatic rings. The second-order valence-corrected chi connectivity index (χ2v) is 6.08. The van der Waals surface area contributed by atoms with Crippen LogP contribution >= 0.6 is 0 Å². The number of nitrogens with one attached hydrogen (secondary N) is 2. The highest BCUT2D eigenvalue weighted by molar-refractivity contribution is 5.91. The van der Waals surface area contributed by atoms with Crippen LogP contribution in [0.3, 0.4) is 0 Å². The molecule has 2 aromatic carbocycles. The molecule has 6 heteroatoms. The average molecular weight is 364 g/mol. The lowest BCUT2D eigenvalue weighted by Gasteiger charge is -2.07. The summed E-state index contributed by atoms with van der Waals surface area (Å²) in [6.07, 6.45) is 4.50. The van der Waals surface area contributed by atoms with Gasteiger partial charge in [-0.1, -0.05) is 42.5 Å². The first kappa shape index (κ1) is 18.5. The molecule has 0 saturated carbocycles. The molecule has 0 spiro atoms. The number of carbonyl (C=O) groups is 1. The number of rotatable bonds is 8. The smallest absolute Gasteiger partial charge is 0.271 e. The van der Waals surface area contributed by atoms with Crippen LogP contribution in [0.25, 0.3) is 0 Å². The van der Waals surface area contributed by atoms with Gasteiger partial charge in [-0.05, 0) is 36.1 Å². The van der Waals surface area contributed by atoms with Crippen molar-refractivity contribution in [1.29, 1.82) is 0 Å². The zero-order valence-electron chi connectivity index (χ0n) is 14.9. The van der Waals surface area contributed by atoms with Crippen LogP contribution in [0.15, 0.2) is 67.0 Å². The van der Waals surface area contributed by atoms with Crippen LogP contribution < -0.4 is 10.6 Å². The highest BCUT2D eigenvalue weighted by Gasteiger charge is 2.07. The maximum Gasteiger partial charge on any atom is 0.271 e. The van der Waals surface area contributed by atoms with Crippen LogP contribution in [-0.2, 0) is 12.8 Å². The van der Waals surface area contributed by atoms with Gasteiger partial charge in [-0.2, -0.15) is 0 Å². The molecular weight excluding hydrogens is 343 g/mol. The number of halogens is 1. The Balaban J connectivity index is 1.42. The van der Waals surface area contributed by atoms with E-state index in [1.54, 1.807) is 12.1 Å². The predicted molar refractivity (Wildman–Crippen MR) is 103 cm³/mol. The minimum absolute atomic E-state index is 0.240. The lowest BCUT2D eigenvalue weighted by atomic mass is 10.1. The summed E-state index contributed by atoms with van der Waals surface area (Å²) in [6.45, 7) is 1.19. The van der Waals surface area contributed by atoms with Gasteiger partial charge in [0.25, 0.3) is 5.91 Å². The summed E-state index contributed by atoms with van der Waals surface area (Å²) >= 11 is 0. The van der Waals surface area contributed by atoms with Crippen molar-refractivity contribution in [3.63, 3.8) is 0 Å². The van der Waals surface area contributed by atoms with Crippen molar-refractivity contribution in [2.45, 2.75) is 12.8 Å². The van der Waals surface area contributed by atoms with Crippen molar-refractivity contribution in [3.8, 4) is 0 Å². The fourth-order valence-electron chi connectivity index (χ4n) is 2.58. The van der Waals surface area contributed by atoms with E-state index >= 15 is 0 Å². The van der Waals surface area contributed by atoms with Crippen molar-refractivity contribution in [1.82, 2.24) is 15.3 Å². The Bertz CT molecular complexity index is 852. The number of carbonyl (C=O) groups excluding carboxylic acids is 1. The van der Waals surface area contributed by atoms with Gasteiger partial charge in [-0.25, -0.2) is 14.4 Å². The van der Waals surface area contributed by atoms with Crippen molar-refractivity contribution < 1.29 is 9.18 Å². The fraction of sp³-hybridized carbons (Fsp3) is 0.190. The molecule has 27 heavy (non-hydrogen) atoms. The van der Waals surface area contributed by atoms with Gasteiger partial charge in [-0.3, -0.25) is 4.79 Å². The molecule has 1 amide bonds. The summed E-state index contributed by atoms with van der Waals surface area (Å²) in [7, 11) is 0. The van der Waals surface area contributed by atoms with Crippen LogP contribution in [0, 0.1) is 5.82 Å². The Kier molecular flexibility index (Phi) is 6.46. The van der Waals surface area contributed by atoms with E-state index in [0.29, 0.717) is 18.9 Å². The van der Waals surface area contributed by atoms with Gasteiger partial charge >= 0.3 is 0 Å². The molecule has 3 rings (SSSR count). The topological polar surface area (TPSA) is 66.9 Å². The van der Waals surface area contributed by atoms with Crippen molar-refractivity contribution in [2.75, 3.05) is 18.4 Å². The van der Waals surface area contributed by atoms with Crippen molar-refractivity contribution in [3.05, 3.63) is 89.6 Å². The first-order valence-corrected chi connectivity index (χ1v) is 8.83. The van der Waals surface area contributed by atoms with Gasteiger partial charge in [0.05, 0.1) is 12.4 Å². The number of hydrogen-bond donors (Lipinski definition) is 2. The zero-order chi connectivity index (χ0) is 18.9. The van der Waals surface area contributed by atoms with E-state index in [2.05, 4.69) is 20.6 Å². The third kappa shape index (κ3) is 5.88. The van der Waals surface area contributed by atoms with E-state index < -0.39 is 0 Å². The van der Waals surface area contributed by atoms with Crippen LogP contribution in [-0.4, -0.2) is 29.0 Å². The molecule has 138 valence electrons. The molecule has 1 aromatic heterocycles. The maximum atomic E-state index is 12.9. The molecule has 0 fully saturated rings. The van der Waals surface area contributed by atoms with E-state index in [-0.39, 0.29) is 17.4 Å². The van der Waals surface area contributed by atoms with Gasteiger partial charge in [0.2, 0.25) is 0 Å². The first-order chi connectivity index (χ1) is 13.2. The van der Waals surface area contributed by atoms with Gasteiger partial charge in [0.1, 0.15) is 17.3 Å². The normalized spacial score (nSPS) is 10.4. The fourth-order valence-corrected chi connectivity index (χ4v) is 2.58. The average Bonchev–Trinajstić information content (AvgIpc) is 2.71. The largest absolute Gasteiger partial charge is 0.368 e. The first-order valence-electron chi connectivity index (χ1n) is 8.83. The van der Waals surface area contributed by atoms with Crippen LogP contribution in [0.2, 0.25) is 0 Å². The molecule has 2 N–H and O–H groups in total. The van der Waals surface area contributed by atoms with Gasteiger partial charge < -0.3 is 10.6 Å². The Morgan fingerprint density at radius 2 is 1.56 bits per heavy atom. The number of amides is 1. The monoisotopic (exact) mass is 364 g/mol. The van der Waals surface area contributed by atoms with Gasteiger partial charge in [0, 0.05) is 13.1 Å². The zero-order valence-corrected chi connectivity index (χ0v) is 14.9. The molecule has 0 aliphatic heterocycles. The number of aromatic nitrogens is 2. The number of hydrogen-bond acceptors (Lipinski definition) is 4. The number of anilines is 1. The standard InChI is InChI=1S/C21H21FN4O/c22-18-8-6-17(7-9-18)10-12-23-20-15-25-19(14-26-20)21(27)24-13-11-16-4-2-1-3-5-16/h1-9,14-15H,10-13H2,(H,23,26)(H,24,27). The summed E-state index contributed by atoms with van der Waals surface area (Å²) in [6, 6.07) is 16.4. The molecule has 0 radical (unpaired) electrons. The molecule has 1 heterocycles. The minimum Gasteiger partial charge on any atom is -0.368 e. The van der Waals surface area contributed by atoms with Crippen LogP contribution in [0.5, 0.6) is 0 Å². The SMILES string of the molecule is O=C(NCCc1ccccc1)c1cnc(NCCc2ccc(F)cc2)cn1. The molecule has 0 atom stereocenters. The summed E-state index contributed by atoms with van der Waals surface area (Å²) < 4.78 is 12.9. The highest BCUT2D eigenvalue weighted by atomic mass is 19.1. The van der Waals surface area contributed by atoms with E-state index in [1.165, 1.54) is 30.1 Å². The van der Waals surface area contributed by atoms with Gasteiger partial charge in [0.15, 0.2) is 0 Å². The molecule has 0 aliphatic carbocycles. The highest BCUT2D eigenvalue weighted by Crippen LogP contribution is 2.06. The Hall–Kier alpha value is -3.28. The number of benzene rings is 2. The van der Waals surface area contributed by atoms with E-state index in [9.17, 15) is 9.18 Å². The summed E-state index contributed by atoms with van der Waals surface area (Å²) in [5.74, 6) is 0.115. The van der Waals surface area contributed by atoms with E-state index in [0.717, 1.165) is 18.4 Å². The van der Waals surface area contributed by atoms with Gasteiger partial charge in [-0.15, -0.1) is 0 Å². The summed E-state index contributed by atoms with van der Waals surface area (Å²) in [4.78, 5) is 20.5. The Morgan fingerprint density at radius 1 is 0.852 bits per heavy atom. The number of nitrogens with zero attached hydrogens (tertiary/aromatic N) is 2. The molecule has 0 unspecified atom stereocenters. The minimum atomic E-state index is -0.241. The predicted octanol–water partition coefficient (Wildman–Crippen LogP) is 3.24. The van der Waals surface area contributed by atoms with E-state index in [1.807, 2.05) is 30.3 Å². The molecular formula is C21H21FN4O. The van der Waals surface area contributed by atoms with Crippen LogP contribution in [0.1, 0.15) is 21.6 Å². The summed E-state index contributed by atoms with van der Waals surface area (Å²) in [5, 5.41) is 5.98. The van der Waals surface area contributed by atoms with Crippen molar-refractivity contribution >= 4 is 11.7 Å². The lowest BCUT2D eigenvalue weighted by Crippen LogP contribution is -2.26. The Labute approximate surface area is 157 Å². The third-order valence-corrected chi connectivity index (χ3v) is 4.06. The maximum absolute atomic E-state index is 12.9.